The number of aromatic hydroxyl groups is 1. The molecule has 3 heteroatoms. The fourth-order valence-corrected chi connectivity index (χ4v) is 1.59. The molecular formula is C14H21NO2. The predicted molar refractivity (Wildman–Crippen MR) is 68.6 cm³/mol. The van der Waals surface area contributed by atoms with Crippen LogP contribution in [0.15, 0.2) is 24.3 Å². The minimum atomic E-state index is 0.0390. The molecule has 1 amide bonds. The number of carbonyl (C=O) groups excluding carboxylic acids is 1. The van der Waals surface area contributed by atoms with Crippen LogP contribution in [0, 0.1) is 11.8 Å². The van der Waals surface area contributed by atoms with Crippen LogP contribution in [0.1, 0.15) is 26.3 Å². The standard InChI is InChI=1S/C14H21NO2/c1-10(2)11(3)14(17)15(4)9-12-5-7-13(16)8-6-12/h5-8,10-11,16H,9H2,1-4H3. The molecule has 1 aromatic rings. The van der Waals surface area contributed by atoms with Gasteiger partial charge in [-0.1, -0.05) is 32.9 Å². The van der Waals surface area contributed by atoms with Crippen LogP contribution in [0.2, 0.25) is 0 Å². The molecule has 1 N–H and O–H groups in total. The van der Waals surface area contributed by atoms with Crippen molar-refractivity contribution in [3.8, 4) is 5.75 Å². The van der Waals surface area contributed by atoms with E-state index in [4.69, 9.17) is 0 Å². The summed E-state index contributed by atoms with van der Waals surface area (Å²) in [6.07, 6.45) is 0. The lowest BCUT2D eigenvalue weighted by Crippen LogP contribution is -2.33. The molecule has 1 aromatic carbocycles. The molecule has 1 rings (SSSR count). The van der Waals surface area contributed by atoms with Gasteiger partial charge in [0.15, 0.2) is 0 Å². The second kappa shape index (κ2) is 5.71. The Bertz CT molecular complexity index is 370. The molecular weight excluding hydrogens is 214 g/mol. The van der Waals surface area contributed by atoms with Gasteiger partial charge in [0.1, 0.15) is 5.75 Å². The lowest BCUT2D eigenvalue weighted by atomic mass is 9.96. The molecule has 0 fully saturated rings. The van der Waals surface area contributed by atoms with E-state index >= 15 is 0 Å². The highest BCUT2D eigenvalue weighted by Gasteiger charge is 2.20. The van der Waals surface area contributed by atoms with Gasteiger partial charge in [-0.2, -0.15) is 0 Å². The van der Waals surface area contributed by atoms with Gasteiger partial charge in [0.2, 0.25) is 5.91 Å². The van der Waals surface area contributed by atoms with Crippen LogP contribution >= 0.6 is 0 Å². The SMILES string of the molecule is CC(C)C(C)C(=O)N(C)Cc1ccc(O)cc1. The van der Waals surface area contributed by atoms with Crippen molar-refractivity contribution in [2.45, 2.75) is 27.3 Å². The molecule has 1 atom stereocenters. The van der Waals surface area contributed by atoms with Crippen molar-refractivity contribution < 1.29 is 9.90 Å². The lowest BCUT2D eigenvalue weighted by Gasteiger charge is -2.23. The van der Waals surface area contributed by atoms with Crippen molar-refractivity contribution in [3.05, 3.63) is 29.8 Å². The van der Waals surface area contributed by atoms with Crippen LogP contribution in [-0.2, 0) is 11.3 Å². The number of hydrogen-bond acceptors (Lipinski definition) is 2. The van der Waals surface area contributed by atoms with Gasteiger partial charge in [0, 0.05) is 19.5 Å². The molecule has 0 heterocycles. The maximum atomic E-state index is 12.0. The van der Waals surface area contributed by atoms with Gasteiger partial charge in [-0.05, 0) is 23.6 Å². The Morgan fingerprint density at radius 2 is 1.76 bits per heavy atom. The highest BCUT2D eigenvalue weighted by Crippen LogP contribution is 2.15. The van der Waals surface area contributed by atoms with Crippen molar-refractivity contribution in [1.29, 1.82) is 0 Å². The van der Waals surface area contributed by atoms with E-state index in [1.54, 1.807) is 17.0 Å². The number of amides is 1. The number of phenolic OH excluding ortho intramolecular Hbond substituents is 1. The van der Waals surface area contributed by atoms with Crippen molar-refractivity contribution in [3.63, 3.8) is 0 Å². The van der Waals surface area contributed by atoms with Crippen LogP contribution in [0.5, 0.6) is 5.75 Å². The summed E-state index contributed by atoms with van der Waals surface area (Å²) in [6, 6.07) is 6.94. The van der Waals surface area contributed by atoms with Crippen molar-refractivity contribution in [2.75, 3.05) is 7.05 Å². The zero-order chi connectivity index (χ0) is 13.0. The van der Waals surface area contributed by atoms with E-state index in [1.165, 1.54) is 0 Å². The molecule has 0 spiro atoms. The quantitative estimate of drug-likeness (QED) is 0.871. The van der Waals surface area contributed by atoms with E-state index in [2.05, 4.69) is 13.8 Å². The first-order chi connectivity index (χ1) is 7.91. The summed E-state index contributed by atoms with van der Waals surface area (Å²) in [6.45, 7) is 6.64. The Balaban J connectivity index is 2.63. The fraction of sp³-hybridized carbons (Fsp3) is 0.500. The van der Waals surface area contributed by atoms with Crippen LogP contribution in [-0.4, -0.2) is 23.0 Å². The summed E-state index contributed by atoms with van der Waals surface area (Å²) in [5.41, 5.74) is 1.02. The first-order valence-electron chi connectivity index (χ1n) is 5.94. The Kier molecular flexibility index (Phi) is 4.55. The first kappa shape index (κ1) is 13.6. The van der Waals surface area contributed by atoms with Crippen LogP contribution in [0.25, 0.3) is 0 Å². The molecule has 0 bridgehead atoms. The number of nitrogens with zero attached hydrogens (tertiary/aromatic N) is 1. The van der Waals surface area contributed by atoms with Gasteiger partial charge >= 0.3 is 0 Å². The van der Waals surface area contributed by atoms with Gasteiger partial charge < -0.3 is 10.0 Å². The Morgan fingerprint density at radius 1 is 1.24 bits per heavy atom. The molecule has 0 saturated carbocycles. The van der Waals surface area contributed by atoms with Crippen LogP contribution < -0.4 is 0 Å². The first-order valence-corrected chi connectivity index (χ1v) is 5.94. The Hall–Kier alpha value is -1.51. The normalized spacial score (nSPS) is 12.5. The lowest BCUT2D eigenvalue weighted by molar-refractivity contribution is -0.135. The third-order valence-corrected chi connectivity index (χ3v) is 3.12. The number of phenols is 1. The van der Waals surface area contributed by atoms with Gasteiger partial charge in [-0.15, -0.1) is 0 Å². The molecule has 0 aromatic heterocycles. The van der Waals surface area contributed by atoms with Crippen molar-refractivity contribution in [2.24, 2.45) is 11.8 Å². The topological polar surface area (TPSA) is 40.5 Å². The van der Waals surface area contributed by atoms with E-state index in [1.807, 2.05) is 26.1 Å². The molecule has 0 aliphatic rings. The summed E-state index contributed by atoms with van der Waals surface area (Å²) >= 11 is 0. The maximum absolute atomic E-state index is 12.0. The Labute approximate surface area is 103 Å². The zero-order valence-electron chi connectivity index (χ0n) is 11.0. The summed E-state index contributed by atoms with van der Waals surface area (Å²) < 4.78 is 0. The molecule has 0 aliphatic heterocycles. The highest BCUT2D eigenvalue weighted by atomic mass is 16.3. The monoisotopic (exact) mass is 235 g/mol. The largest absolute Gasteiger partial charge is 0.508 e. The Morgan fingerprint density at radius 3 is 2.24 bits per heavy atom. The van der Waals surface area contributed by atoms with Gasteiger partial charge in [0.25, 0.3) is 0 Å². The number of benzene rings is 1. The van der Waals surface area contributed by atoms with Crippen LogP contribution in [0.4, 0.5) is 0 Å². The molecule has 0 aliphatic carbocycles. The van der Waals surface area contributed by atoms with E-state index in [0.29, 0.717) is 12.5 Å². The molecule has 94 valence electrons. The van der Waals surface area contributed by atoms with Crippen LogP contribution in [0.3, 0.4) is 0 Å². The summed E-state index contributed by atoms with van der Waals surface area (Å²) in [5, 5.41) is 9.18. The smallest absolute Gasteiger partial charge is 0.225 e. The fourth-order valence-electron chi connectivity index (χ4n) is 1.59. The number of rotatable bonds is 4. The predicted octanol–water partition coefficient (Wildman–Crippen LogP) is 2.64. The van der Waals surface area contributed by atoms with Gasteiger partial charge in [-0.25, -0.2) is 0 Å². The summed E-state index contributed by atoms with van der Waals surface area (Å²) in [5.74, 6) is 0.799. The maximum Gasteiger partial charge on any atom is 0.225 e. The number of hydrogen-bond donors (Lipinski definition) is 1. The average Bonchev–Trinajstić information content (AvgIpc) is 2.30. The molecule has 1 unspecified atom stereocenters. The second-order valence-electron chi connectivity index (χ2n) is 4.89. The molecule has 0 saturated heterocycles. The van der Waals surface area contributed by atoms with E-state index in [9.17, 15) is 9.90 Å². The zero-order valence-corrected chi connectivity index (χ0v) is 11.0. The summed E-state index contributed by atoms with van der Waals surface area (Å²) in [4.78, 5) is 13.8. The van der Waals surface area contributed by atoms with Gasteiger partial charge in [0.05, 0.1) is 0 Å². The van der Waals surface area contributed by atoms with E-state index in [0.717, 1.165) is 5.56 Å². The second-order valence-corrected chi connectivity index (χ2v) is 4.89. The van der Waals surface area contributed by atoms with E-state index < -0.39 is 0 Å². The number of carbonyl (C=O) groups is 1. The van der Waals surface area contributed by atoms with Gasteiger partial charge in [-0.3, -0.25) is 4.79 Å². The minimum absolute atomic E-state index is 0.0390. The molecule has 3 nitrogen and oxygen atoms in total. The minimum Gasteiger partial charge on any atom is -0.508 e. The van der Waals surface area contributed by atoms with E-state index in [-0.39, 0.29) is 17.6 Å². The highest BCUT2D eigenvalue weighted by molar-refractivity contribution is 5.78. The molecule has 0 radical (unpaired) electrons. The molecule has 17 heavy (non-hydrogen) atoms. The van der Waals surface area contributed by atoms with Crippen molar-refractivity contribution in [1.82, 2.24) is 4.90 Å². The average molecular weight is 235 g/mol. The summed E-state index contributed by atoms with van der Waals surface area (Å²) in [7, 11) is 1.81. The third-order valence-electron chi connectivity index (χ3n) is 3.12. The van der Waals surface area contributed by atoms with Crippen molar-refractivity contribution >= 4 is 5.91 Å². The third kappa shape index (κ3) is 3.77.